The lowest BCUT2D eigenvalue weighted by atomic mass is 10.2. The Morgan fingerprint density at radius 2 is 2.04 bits per heavy atom. The molecule has 0 saturated carbocycles. The van der Waals surface area contributed by atoms with Crippen LogP contribution in [0, 0.1) is 0 Å². The van der Waals surface area contributed by atoms with E-state index in [2.05, 4.69) is 15.3 Å². The number of nitrogens with one attached hydrogen (secondary N) is 1. The Bertz CT molecular complexity index is 954. The number of ether oxygens (including phenoxy) is 1. The highest BCUT2D eigenvalue weighted by Gasteiger charge is 2.04. The maximum Gasteiger partial charge on any atom is 0.244 e. The van der Waals surface area contributed by atoms with Gasteiger partial charge in [0, 0.05) is 12.6 Å². The number of hydrogen-bond acceptors (Lipinski definition) is 5. The number of aromatic nitrogens is 2. The second-order valence-corrected chi connectivity index (χ2v) is 5.57. The molecule has 6 heteroatoms. The van der Waals surface area contributed by atoms with Crippen LogP contribution in [0.15, 0.2) is 54.7 Å². The third kappa shape index (κ3) is 4.36. The van der Waals surface area contributed by atoms with Crippen molar-refractivity contribution >= 4 is 23.0 Å². The summed E-state index contributed by atoms with van der Waals surface area (Å²) in [5.74, 6) is 0.240. The predicted molar refractivity (Wildman–Crippen MR) is 99.7 cm³/mol. The first kappa shape index (κ1) is 17.4. The van der Waals surface area contributed by atoms with Crippen LogP contribution in [0.1, 0.15) is 18.2 Å². The first-order chi connectivity index (χ1) is 12.7. The van der Waals surface area contributed by atoms with E-state index in [0.717, 1.165) is 16.6 Å². The highest BCUT2D eigenvalue weighted by Crippen LogP contribution is 2.26. The summed E-state index contributed by atoms with van der Waals surface area (Å²) >= 11 is 0. The van der Waals surface area contributed by atoms with Gasteiger partial charge in [-0.2, -0.15) is 0 Å². The van der Waals surface area contributed by atoms with E-state index in [-0.39, 0.29) is 11.7 Å². The molecule has 1 aromatic heterocycles. The zero-order chi connectivity index (χ0) is 18.4. The van der Waals surface area contributed by atoms with E-state index in [9.17, 15) is 9.90 Å². The zero-order valence-electron chi connectivity index (χ0n) is 14.3. The van der Waals surface area contributed by atoms with Gasteiger partial charge in [-0.3, -0.25) is 9.78 Å². The minimum absolute atomic E-state index is 0.0803. The molecule has 0 fully saturated rings. The Hall–Kier alpha value is -3.41. The second kappa shape index (κ2) is 8.11. The SMILES string of the molecule is CCOc1cc(CNC(=O)C=Cc2cnc3ccccc3n2)ccc1O. The van der Waals surface area contributed by atoms with Crippen LogP contribution in [0.2, 0.25) is 0 Å². The van der Waals surface area contributed by atoms with Crippen LogP contribution in [-0.4, -0.2) is 27.6 Å². The van der Waals surface area contributed by atoms with E-state index < -0.39 is 0 Å². The van der Waals surface area contributed by atoms with Crippen LogP contribution in [0.25, 0.3) is 17.1 Å². The molecule has 0 aliphatic rings. The fraction of sp³-hybridized carbons (Fsp3) is 0.150. The van der Waals surface area contributed by atoms with E-state index in [1.165, 1.54) is 6.08 Å². The molecule has 1 amide bonds. The summed E-state index contributed by atoms with van der Waals surface area (Å²) in [5, 5.41) is 12.5. The van der Waals surface area contributed by atoms with Crippen LogP contribution in [-0.2, 0) is 11.3 Å². The van der Waals surface area contributed by atoms with Crippen molar-refractivity contribution in [2.75, 3.05) is 6.61 Å². The number of aromatic hydroxyl groups is 1. The average Bonchev–Trinajstić information content (AvgIpc) is 2.67. The topological polar surface area (TPSA) is 84.3 Å². The van der Waals surface area contributed by atoms with E-state index in [1.807, 2.05) is 31.2 Å². The third-order valence-corrected chi connectivity index (χ3v) is 3.66. The van der Waals surface area contributed by atoms with Gasteiger partial charge in [-0.15, -0.1) is 0 Å². The molecule has 0 saturated heterocycles. The highest BCUT2D eigenvalue weighted by atomic mass is 16.5. The van der Waals surface area contributed by atoms with Gasteiger partial charge in [0.2, 0.25) is 5.91 Å². The number of nitrogens with zero attached hydrogens (tertiary/aromatic N) is 2. The summed E-state index contributed by atoms with van der Waals surface area (Å²) in [4.78, 5) is 20.7. The number of carbonyl (C=O) groups is 1. The number of fused-ring (bicyclic) bond motifs is 1. The van der Waals surface area contributed by atoms with Crippen molar-refractivity contribution in [1.82, 2.24) is 15.3 Å². The molecule has 3 aromatic rings. The molecule has 0 bridgehead atoms. The van der Waals surface area contributed by atoms with E-state index >= 15 is 0 Å². The first-order valence-electron chi connectivity index (χ1n) is 8.28. The van der Waals surface area contributed by atoms with Gasteiger partial charge in [-0.1, -0.05) is 18.2 Å². The maximum absolute atomic E-state index is 12.0. The molecule has 0 spiro atoms. The number of amides is 1. The number of phenolic OH excluding ortho intramolecular Hbond substituents is 1. The molecule has 2 aromatic carbocycles. The smallest absolute Gasteiger partial charge is 0.244 e. The minimum Gasteiger partial charge on any atom is -0.504 e. The summed E-state index contributed by atoms with van der Waals surface area (Å²) in [6, 6.07) is 12.5. The number of benzene rings is 2. The molecule has 6 nitrogen and oxygen atoms in total. The molecule has 132 valence electrons. The lowest BCUT2D eigenvalue weighted by Crippen LogP contribution is -2.20. The van der Waals surface area contributed by atoms with Crippen molar-refractivity contribution in [3.05, 3.63) is 66.0 Å². The van der Waals surface area contributed by atoms with Gasteiger partial charge in [0.15, 0.2) is 11.5 Å². The van der Waals surface area contributed by atoms with Crippen LogP contribution in [0.3, 0.4) is 0 Å². The Morgan fingerprint density at radius 1 is 1.23 bits per heavy atom. The molecule has 3 rings (SSSR count). The Kier molecular flexibility index (Phi) is 5.43. The molecule has 26 heavy (non-hydrogen) atoms. The molecule has 2 N–H and O–H groups in total. The van der Waals surface area contributed by atoms with Gasteiger partial charge < -0.3 is 15.2 Å². The number of para-hydroxylation sites is 2. The summed E-state index contributed by atoms with van der Waals surface area (Å²) < 4.78 is 5.33. The van der Waals surface area contributed by atoms with Crippen LogP contribution in [0.4, 0.5) is 0 Å². The molecule has 1 heterocycles. The number of phenols is 1. The molecule has 0 radical (unpaired) electrons. The van der Waals surface area contributed by atoms with Gasteiger partial charge in [-0.25, -0.2) is 4.98 Å². The maximum atomic E-state index is 12.0. The van der Waals surface area contributed by atoms with E-state index in [0.29, 0.717) is 24.6 Å². The standard InChI is InChI=1S/C20H19N3O3/c1-2-26-19-11-14(7-9-18(19)24)12-22-20(25)10-8-15-13-21-16-5-3-4-6-17(16)23-15/h3-11,13,24H,2,12H2,1H3,(H,22,25). The number of carbonyl (C=O) groups excluding carboxylic acids is 1. The van der Waals surface area contributed by atoms with Gasteiger partial charge >= 0.3 is 0 Å². The van der Waals surface area contributed by atoms with Crippen molar-refractivity contribution < 1.29 is 14.6 Å². The molecule has 0 unspecified atom stereocenters. The number of hydrogen-bond donors (Lipinski definition) is 2. The lowest BCUT2D eigenvalue weighted by Gasteiger charge is -2.08. The molecule has 0 aliphatic heterocycles. The molecular formula is C20H19N3O3. The van der Waals surface area contributed by atoms with Gasteiger partial charge in [0.25, 0.3) is 0 Å². The monoisotopic (exact) mass is 349 g/mol. The van der Waals surface area contributed by atoms with E-state index in [4.69, 9.17) is 4.74 Å². The van der Waals surface area contributed by atoms with Crippen molar-refractivity contribution in [2.45, 2.75) is 13.5 Å². The van der Waals surface area contributed by atoms with Crippen LogP contribution < -0.4 is 10.1 Å². The van der Waals surface area contributed by atoms with E-state index in [1.54, 1.807) is 30.5 Å². The van der Waals surface area contributed by atoms with Crippen LogP contribution >= 0.6 is 0 Å². The van der Waals surface area contributed by atoms with Crippen molar-refractivity contribution in [3.63, 3.8) is 0 Å². The minimum atomic E-state index is -0.244. The summed E-state index contributed by atoms with van der Waals surface area (Å²) in [6.07, 6.45) is 4.67. The summed E-state index contributed by atoms with van der Waals surface area (Å²) in [6.45, 7) is 2.63. The van der Waals surface area contributed by atoms with Gasteiger partial charge in [0.1, 0.15) is 0 Å². The largest absolute Gasteiger partial charge is 0.504 e. The molecule has 0 atom stereocenters. The average molecular weight is 349 g/mol. The normalized spacial score (nSPS) is 11.0. The predicted octanol–water partition coefficient (Wildman–Crippen LogP) is 3.06. The second-order valence-electron chi connectivity index (χ2n) is 5.57. The lowest BCUT2D eigenvalue weighted by molar-refractivity contribution is -0.116. The highest BCUT2D eigenvalue weighted by molar-refractivity contribution is 5.91. The van der Waals surface area contributed by atoms with Crippen molar-refractivity contribution in [1.29, 1.82) is 0 Å². The van der Waals surface area contributed by atoms with Gasteiger partial charge in [-0.05, 0) is 42.8 Å². The van der Waals surface area contributed by atoms with Crippen LogP contribution in [0.5, 0.6) is 11.5 Å². The summed E-state index contributed by atoms with van der Waals surface area (Å²) in [7, 11) is 0. The van der Waals surface area contributed by atoms with Gasteiger partial charge in [0.05, 0.1) is 29.5 Å². The Labute approximate surface area is 151 Å². The Morgan fingerprint density at radius 3 is 2.85 bits per heavy atom. The third-order valence-electron chi connectivity index (χ3n) is 3.66. The first-order valence-corrected chi connectivity index (χ1v) is 8.28. The molecule has 0 aliphatic carbocycles. The fourth-order valence-electron chi connectivity index (χ4n) is 2.40. The quantitative estimate of drug-likeness (QED) is 0.668. The van der Waals surface area contributed by atoms with Crippen molar-refractivity contribution in [3.8, 4) is 11.5 Å². The summed E-state index contributed by atoms with van der Waals surface area (Å²) in [5.41, 5.74) is 3.04. The number of rotatable bonds is 6. The fourth-order valence-corrected chi connectivity index (χ4v) is 2.40. The van der Waals surface area contributed by atoms with Crippen molar-refractivity contribution in [2.24, 2.45) is 0 Å². The zero-order valence-corrected chi connectivity index (χ0v) is 14.3. The Balaban J connectivity index is 1.61. The molecular weight excluding hydrogens is 330 g/mol.